The number of nitrogens with one attached hydrogen (secondary N) is 1. The number of fused-ring (bicyclic) bond motifs is 1. The van der Waals surface area contributed by atoms with Gasteiger partial charge in [-0.2, -0.15) is 0 Å². The third-order valence-corrected chi connectivity index (χ3v) is 3.21. The van der Waals surface area contributed by atoms with Gasteiger partial charge in [0.05, 0.1) is 15.9 Å². The number of halogens is 2. The van der Waals surface area contributed by atoms with E-state index in [1.807, 2.05) is 0 Å². The third kappa shape index (κ3) is 2.68. The normalized spacial score (nSPS) is 10.6. The Morgan fingerprint density at radius 3 is 2.86 bits per heavy atom. The fraction of sp³-hybridized carbons (Fsp3) is 0. The van der Waals surface area contributed by atoms with Gasteiger partial charge in [-0.25, -0.2) is 14.4 Å². The minimum absolute atomic E-state index is 0.0255. The first-order chi connectivity index (χ1) is 10.5. The van der Waals surface area contributed by atoms with Crippen molar-refractivity contribution in [3.05, 3.63) is 59.1 Å². The molecule has 0 aliphatic heterocycles. The van der Waals surface area contributed by atoms with Crippen molar-refractivity contribution in [2.24, 2.45) is 5.73 Å². The van der Waals surface area contributed by atoms with Gasteiger partial charge in [0.1, 0.15) is 11.6 Å². The second-order valence-electron chi connectivity index (χ2n) is 4.44. The van der Waals surface area contributed by atoms with Crippen LogP contribution in [0.5, 0.6) is 0 Å². The smallest absolute Gasteiger partial charge is 0.286 e. The van der Waals surface area contributed by atoms with Crippen LogP contribution in [0, 0.1) is 11.9 Å². The van der Waals surface area contributed by atoms with Gasteiger partial charge in [0.2, 0.25) is 5.82 Å². The van der Waals surface area contributed by atoms with E-state index in [4.69, 9.17) is 17.3 Å². The van der Waals surface area contributed by atoms with Crippen LogP contribution < -0.4 is 11.1 Å². The number of nitrogens with two attached hydrogens (primary N) is 1. The first kappa shape index (κ1) is 14.2. The second-order valence-corrected chi connectivity index (χ2v) is 4.85. The van der Waals surface area contributed by atoms with Gasteiger partial charge in [-0.3, -0.25) is 4.79 Å². The number of carbonyl (C=O) groups is 1. The zero-order valence-electron chi connectivity index (χ0n) is 11.1. The van der Waals surface area contributed by atoms with E-state index in [9.17, 15) is 9.18 Å². The molecule has 0 fully saturated rings. The summed E-state index contributed by atoms with van der Waals surface area (Å²) in [6.07, 6.45) is 0. The van der Waals surface area contributed by atoms with Crippen LogP contribution in [0.15, 0.2) is 36.4 Å². The van der Waals surface area contributed by atoms with Crippen molar-refractivity contribution in [3.63, 3.8) is 0 Å². The SMILES string of the molecule is NC(=O)c1nc(Nc2ccc(F)c(Cl)c2)c2[c]cccc2n1. The van der Waals surface area contributed by atoms with Gasteiger partial charge >= 0.3 is 0 Å². The molecule has 1 heterocycles. The zero-order chi connectivity index (χ0) is 15.7. The summed E-state index contributed by atoms with van der Waals surface area (Å²) in [7, 11) is 0. The summed E-state index contributed by atoms with van der Waals surface area (Å²) in [5.74, 6) is -1.06. The van der Waals surface area contributed by atoms with Gasteiger partial charge in [0, 0.05) is 5.69 Å². The molecule has 2 aromatic carbocycles. The molecule has 0 saturated heterocycles. The van der Waals surface area contributed by atoms with E-state index in [0.29, 0.717) is 22.4 Å². The quantitative estimate of drug-likeness (QED) is 0.778. The summed E-state index contributed by atoms with van der Waals surface area (Å²) >= 11 is 5.75. The van der Waals surface area contributed by atoms with Crippen molar-refractivity contribution in [2.45, 2.75) is 0 Å². The highest BCUT2D eigenvalue weighted by molar-refractivity contribution is 6.31. The summed E-state index contributed by atoms with van der Waals surface area (Å²) < 4.78 is 13.2. The lowest BCUT2D eigenvalue weighted by atomic mass is 10.2. The Bertz CT molecular complexity index is 885. The molecule has 0 saturated carbocycles. The largest absolute Gasteiger partial charge is 0.363 e. The number of hydrogen-bond donors (Lipinski definition) is 2. The molecule has 5 nitrogen and oxygen atoms in total. The minimum Gasteiger partial charge on any atom is -0.363 e. The number of rotatable bonds is 3. The van der Waals surface area contributed by atoms with Crippen molar-refractivity contribution >= 4 is 39.9 Å². The van der Waals surface area contributed by atoms with E-state index in [0.717, 1.165) is 0 Å². The fourth-order valence-electron chi connectivity index (χ4n) is 1.92. The first-order valence-corrected chi connectivity index (χ1v) is 6.63. The van der Waals surface area contributed by atoms with Gasteiger partial charge in [0.15, 0.2) is 0 Å². The van der Waals surface area contributed by atoms with Crippen LogP contribution in [-0.2, 0) is 0 Å². The van der Waals surface area contributed by atoms with Crippen LogP contribution in [0.3, 0.4) is 0 Å². The van der Waals surface area contributed by atoms with Gasteiger partial charge in [0.25, 0.3) is 5.91 Å². The molecule has 1 radical (unpaired) electrons. The molecule has 1 aromatic heterocycles. The second kappa shape index (κ2) is 5.57. The number of hydrogen-bond acceptors (Lipinski definition) is 4. The summed E-state index contributed by atoms with van der Waals surface area (Å²) in [5.41, 5.74) is 6.27. The van der Waals surface area contributed by atoms with Crippen molar-refractivity contribution in [1.82, 2.24) is 9.97 Å². The van der Waals surface area contributed by atoms with Gasteiger partial charge in [-0.15, -0.1) is 0 Å². The Morgan fingerprint density at radius 2 is 2.14 bits per heavy atom. The van der Waals surface area contributed by atoms with Crippen LogP contribution in [-0.4, -0.2) is 15.9 Å². The highest BCUT2D eigenvalue weighted by atomic mass is 35.5. The molecule has 0 aliphatic rings. The predicted octanol–water partition coefficient (Wildman–Crippen LogP) is 3.06. The number of carbonyl (C=O) groups excluding carboxylic acids is 1. The Hall–Kier alpha value is -2.73. The van der Waals surface area contributed by atoms with E-state index < -0.39 is 11.7 Å². The summed E-state index contributed by atoms with van der Waals surface area (Å²) in [5, 5.41) is 3.52. The van der Waals surface area contributed by atoms with E-state index in [2.05, 4.69) is 21.4 Å². The molecule has 3 rings (SSSR count). The number of nitrogens with zero attached hydrogens (tertiary/aromatic N) is 2. The van der Waals surface area contributed by atoms with Crippen molar-refractivity contribution in [3.8, 4) is 0 Å². The average Bonchev–Trinajstić information content (AvgIpc) is 2.50. The lowest BCUT2D eigenvalue weighted by Crippen LogP contribution is -2.16. The monoisotopic (exact) mass is 315 g/mol. The number of amides is 1. The van der Waals surface area contributed by atoms with Crippen LogP contribution in [0.1, 0.15) is 10.6 Å². The molecular weight excluding hydrogens is 307 g/mol. The lowest BCUT2D eigenvalue weighted by molar-refractivity contribution is 0.0991. The Labute approximate surface area is 129 Å². The molecule has 0 aliphatic carbocycles. The molecule has 3 N–H and O–H groups in total. The Morgan fingerprint density at radius 1 is 1.32 bits per heavy atom. The van der Waals surface area contributed by atoms with E-state index in [1.54, 1.807) is 18.2 Å². The van der Waals surface area contributed by atoms with Crippen LogP contribution in [0.25, 0.3) is 10.9 Å². The molecule has 22 heavy (non-hydrogen) atoms. The molecule has 0 unspecified atom stereocenters. The van der Waals surface area contributed by atoms with E-state index >= 15 is 0 Å². The molecule has 0 atom stereocenters. The molecule has 1 amide bonds. The molecule has 7 heteroatoms. The molecule has 0 bridgehead atoms. The van der Waals surface area contributed by atoms with Crippen LogP contribution in [0.2, 0.25) is 5.02 Å². The average molecular weight is 316 g/mol. The summed E-state index contributed by atoms with van der Waals surface area (Å²) in [4.78, 5) is 19.5. The Kier molecular flexibility index (Phi) is 3.60. The highest BCUT2D eigenvalue weighted by Gasteiger charge is 2.12. The van der Waals surface area contributed by atoms with Crippen molar-refractivity contribution in [1.29, 1.82) is 0 Å². The third-order valence-electron chi connectivity index (χ3n) is 2.92. The molecule has 109 valence electrons. The standard InChI is InChI=1S/C15H9ClFN4O/c16-10-7-8(5-6-11(10)17)19-14-9-3-1-2-4-12(9)20-15(21-14)13(18)22/h1-2,4-7H,(H2,18,22)(H,19,20,21). The lowest BCUT2D eigenvalue weighted by Gasteiger charge is -2.10. The molecule has 3 aromatic rings. The highest BCUT2D eigenvalue weighted by Crippen LogP contribution is 2.26. The Balaban J connectivity index is 2.12. The first-order valence-electron chi connectivity index (χ1n) is 6.25. The number of primary amides is 1. The van der Waals surface area contributed by atoms with Gasteiger partial charge in [-0.1, -0.05) is 23.7 Å². The van der Waals surface area contributed by atoms with Crippen LogP contribution in [0.4, 0.5) is 15.9 Å². The van der Waals surface area contributed by atoms with Crippen molar-refractivity contribution < 1.29 is 9.18 Å². The zero-order valence-corrected chi connectivity index (χ0v) is 11.9. The predicted molar refractivity (Wildman–Crippen MR) is 81.6 cm³/mol. The summed E-state index contributed by atoms with van der Waals surface area (Å²) in [6, 6.07) is 12.3. The maximum Gasteiger partial charge on any atom is 0.286 e. The minimum atomic E-state index is -0.744. The maximum absolute atomic E-state index is 13.2. The molecular formula is C15H9ClFN4O. The topological polar surface area (TPSA) is 80.9 Å². The number of aromatic nitrogens is 2. The fourth-order valence-corrected chi connectivity index (χ4v) is 2.10. The van der Waals surface area contributed by atoms with E-state index in [-0.39, 0.29) is 10.8 Å². The number of anilines is 2. The van der Waals surface area contributed by atoms with Crippen LogP contribution >= 0.6 is 11.6 Å². The maximum atomic E-state index is 13.2. The van der Waals surface area contributed by atoms with Gasteiger partial charge < -0.3 is 11.1 Å². The van der Waals surface area contributed by atoms with Crippen molar-refractivity contribution in [2.75, 3.05) is 5.32 Å². The van der Waals surface area contributed by atoms with Gasteiger partial charge in [-0.05, 0) is 30.3 Å². The summed E-state index contributed by atoms with van der Waals surface area (Å²) in [6.45, 7) is 0. The number of benzene rings is 2. The van der Waals surface area contributed by atoms with E-state index in [1.165, 1.54) is 18.2 Å². The molecule has 0 spiro atoms.